The summed E-state index contributed by atoms with van der Waals surface area (Å²) in [5.74, 6) is 1.06. The molecule has 180 valence electrons. The largest absolute Gasteiger partial charge is 0.489 e. The van der Waals surface area contributed by atoms with E-state index in [0.29, 0.717) is 27.2 Å². The quantitative estimate of drug-likeness (QED) is 0.383. The summed E-state index contributed by atoms with van der Waals surface area (Å²) in [4.78, 5) is 28.7. The Labute approximate surface area is 201 Å². The van der Waals surface area contributed by atoms with Gasteiger partial charge in [0.15, 0.2) is 5.75 Å². The number of hydrogen-bond donors (Lipinski definition) is 4. The smallest absolute Gasteiger partial charge is 0.412 e. The Morgan fingerprint density at radius 1 is 1.24 bits per heavy atom. The number of nitrogen functional groups attached to an aromatic ring is 1. The van der Waals surface area contributed by atoms with Gasteiger partial charge in [-0.2, -0.15) is 0 Å². The minimum absolute atomic E-state index is 0.0889. The van der Waals surface area contributed by atoms with Gasteiger partial charge < -0.3 is 30.9 Å². The lowest BCUT2D eigenvalue weighted by Gasteiger charge is -2.22. The number of carbonyl (C=O) groups is 2. The van der Waals surface area contributed by atoms with Crippen LogP contribution in [0, 0.1) is 0 Å². The first-order chi connectivity index (χ1) is 16.5. The second-order valence-corrected chi connectivity index (χ2v) is 9.02. The first-order valence-electron chi connectivity index (χ1n) is 11.3. The van der Waals surface area contributed by atoms with Gasteiger partial charge in [-0.05, 0) is 36.4 Å². The molecule has 1 saturated carbocycles. The maximum Gasteiger partial charge on any atom is 0.412 e. The number of nitrogens with zero attached hydrogens (tertiary/aromatic N) is 1. The third-order valence-electron chi connectivity index (χ3n) is 5.68. The van der Waals surface area contributed by atoms with Crippen LogP contribution in [0.1, 0.15) is 48.0 Å². The first-order valence-corrected chi connectivity index (χ1v) is 12.2. The summed E-state index contributed by atoms with van der Waals surface area (Å²) in [6.45, 7) is 0.111. The maximum absolute atomic E-state index is 12.7. The van der Waals surface area contributed by atoms with E-state index < -0.39 is 6.09 Å². The van der Waals surface area contributed by atoms with Crippen molar-refractivity contribution in [3.05, 3.63) is 47.0 Å². The summed E-state index contributed by atoms with van der Waals surface area (Å²) in [7, 11) is 0. The molecular weight excluding hydrogens is 456 g/mol. The van der Waals surface area contributed by atoms with E-state index in [2.05, 4.69) is 15.6 Å². The van der Waals surface area contributed by atoms with Crippen molar-refractivity contribution in [1.82, 2.24) is 15.6 Å². The zero-order chi connectivity index (χ0) is 23.9. The zero-order valence-electron chi connectivity index (χ0n) is 18.7. The number of thiophene rings is 1. The Balaban J connectivity index is 1.44. The highest BCUT2D eigenvalue weighted by atomic mass is 32.1. The van der Waals surface area contributed by atoms with Crippen LogP contribution in [0.5, 0.6) is 11.5 Å². The fraction of sp³-hybridized carbons (Fsp3) is 0.375. The Morgan fingerprint density at radius 3 is 2.85 bits per heavy atom. The molecule has 1 aliphatic carbocycles. The lowest BCUT2D eigenvalue weighted by molar-refractivity contribution is 0.0927. The predicted octanol–water partition coefficient (Wildman–Crippen LogP) is 3.60. The highest BCUT2D eigenvalue weighted by molar-refractivity contribution is 7.17. The average molecular weight is 485 g/mol. The monoisotopic (exact) mass is 484 g/mol. The third kappa shape index (κ3) is 5.75. The van der Waals surface area contributed by atoms with Crippen molar-refractivity contribution in [2.24, 2.45) is 0 Å². The molecule has 0 saturated heterocycles. The van der Waals surface area contributed by atoms with Crippen LogP contribution in [-0.4, -0.2) is 41.3 Å². The van der Waals surface area contributed by atoms with E-state index in [1.54, 1.807) is 24.3 Å². The highest BCUT2D eigenvalue weighted by Crippen LogP contribution is 2.37. The molecule has 0 atom stereocenters. The summed E-state index contributed by atoms with van der Waals surface area (Å²) >= 11 is 1.36. The molecule has 5 N–H and O–H groups in total. The third-order valence-corrected chi connectivity index (χ3v) is 6.73. The fourth-order valence-electron chi connectivity index (χ4n) is 3.98. The molecule has 0 aliphatic heterocycles. The number of aliphatic hydroxyl groups is 1. The molecule has 2 amide bonds. The lowest BCUT2D eigenvalue weighted by atomic mass is 9.95. The number of anilines is 1. The number of rotatable bonds is 8. The molecule has 0 unspecified atom stereocenters. The summed E-state index contributed by atoms with van der Waals surface area (Å²) in [5.41, 5.74) is 7.45. The number of fused-ring (bicyclic) bond motifs is 1. The molecule has 10 heteroatoms. The molecule has 3 aromatic rings. The lowest BCUT2D eigenvalue weighted by Crippen LogP contribution is -2.36. The second kappa shape index (κ2) is 11.2. The maximum atomic E-state index is 12.7. The molecule has 9 nitrogen and oxygen atoms in total. The minimum atomic E-state index is -0.684. The van der Waals surface area contributed by atoms with E-state index in [4.69, 9.17) is 20.3 Å². The van der Waals surface area contributed by atoms with Crippen LogP contribution in [0.15, 0.2) is 35.8 Å². The van der Waals surface area contributed by atoms with Gasteiger partial charge in [-0.3, -0.25) is 4.79 Å². The minimum Gasteiger partial charge on any atom is -0.489 e. The number of aliphatic hydroxyl groups excluding tert-OH is 1. The van der Waals surface area contributed by atoms with Gasteiger partial charge in [0.25, 0.3) is 5.91 Å². The highest BCUT2D eigenvalue weighted by Gasteiger charge is 2.18. The van der Waals surface area contributed by atoms with Crippen LogP contribution < -0.4 is 25.8 Å². The molecule has 0 bridgehead atoms. The molecular formula is C24H28N4O5S. The molecule has 2 heterocycles. The van der Waals surface area contributed by atoms with E-state index in [0.717, 1.165) is 31.2 Å². The van der Waals surface area contributed by atoms with Crippen molar-refractivity contribution < 1.29 is 24.2 Å². The summed E-state index contributed by atoms with van der Waals surface area (Å²) < 4.78 is 11.9. The number of nitrogens with one attached hydrogen (secondary N) is 2. The van der Waals surface area contributed by atoms with Gasteiger partial charge in [0.2, 0.25) is 0 Å². The average Bonchev–Trinajstić information content (AvgIpc) is 3.29. The van der Waals surface area contributed by atoms with Gasteiger partial charge in [-0.1, -0.05) is 25.3 Å². The number of amides is 2. The number of pyridine rings is 1. The van der Waals surface area contributed by atoms with Gasteiger partial charge >= 0.3 is 6.09 Å². The molecule has 2 aromatic heterocycles. The van der Waals surface area contributed by atoms with Crippen LogP contribution in [-0.2, 0) is 6.61 Å². The van der Waals surface area contributed by atoms with Crippen LogP contribution in [0.3, 0.4) is 0 Å². The van der Waals surface area contributed by atoms with Gasteiger partial charge in [0.05, 0.1) is 17.5 Å². The molecule has 1 aliphatic rings. The van der Waals surface area contributed by atoms with Crippen molar-refractivity contribution >= 4 is 39.2 Å². The van der Waals surface area contributed by atoms with Gasteiger partial charge in [-0.25, -0.2) is 9.78 Å². The van der Waals surface area contributed by atoms with Crippen molar-refractivity contribution in [2.75, 3.05) is 18.9 Å². The number of carbonyl (C=O) groups excluding carboxylic acids is 2. The van der Waals surface area contributed by atoms with Crippen LogP contribution >= 0.6 is 11.3 Å². The van der Waals surface area contributed by atoms with Crippen LogP contribution in [0.4, 0.5) is 10.6 Å². The number of nitrogens with two attached hydrogens (primary N) is 1. The second-order valence-electron chi connectivity index (χ2n) is 8.14. The van der Waals surface area contributed by atoms with Crippen molar-refractivity contribution in [2.45, 2.75) is 44.8 Å². The fourth-order valence-corrected chi connectivity index (χ4v) is 4.99. The van der Waals surface area contributed by atoms with Gasteiger partial charge in [0, 0.05) is 29.1 Å². The van der Waals surface area contributed by atoms with E-state index in [9.17, 15) is 9.59 Å². The van der Waals surface area contributed by atoms with Crippen LogP contribution in [0.25, 0.3) is 10.1 Å². The van der Waals surface area contributed by atoms with Crippen LogP contribution in [0.2, 0.25) is 0 Å². The van der Waals surface area contributed by atoms with E-state index in [-0.39, 0.29) is 37.5 Å². The van der Waals surface area contributed by atoms with E-state index in [1.165, 1.54) is 24.0 Å². The standard InChI is InChI=1S/C24H28N4O5S/c25-22-20-16(14-34-21(20)19(12-27-22)33-24(31)26-9-10-29)13-32-18-8-4-5-15(11-18)23(30)28-17-6-2-1-3-7-17/h4-5,8,11-12,14,17,29H,1-3,6-7,9-10,13H2,(H2,25,27)(H,26,31)(H,28,30). The Bertz CT molecular complexity index is 1160. The number of aromatic nitrogens is 1. The van der Waals surface area contributed by atoms with Crippen molar-refractivity contribution in [3.63, 3.8) is 0 Å². The summed E-state index contributed by atoms with van der Waals surface area (Å²) in [5, 5.41) is 16.9. The molecule has 1 aromatic carbocycles. The first kappa shape index (κ1) is 23.8. The number of ether oxygens (including phenoxy) is 2. The number of benzene rings is 1. The Kier molecular flexibility index (Phi) is 7.81. The van der Waals surface area contributed by atoms with E-state index >= 15 is 0 Å². The van der Waals surface area contributed by atoms with Gasteiger partial charge in [0.1, 0.15) is 18.2 Å². The normalized spacial score (nSPS) is 14.0. The summed E-state index contributed by atoms with van der Waals surface area (Å²) in [6.07, 6.45) is 6.30. The molecule has 0 radical (unpaired) electrons. The predicted molar refractivity (Wildman–Crippen MR) is 130 cm³/mol. The molecule has 4 rings (SSSR count). The zero-order valence-corrected chi connectivity index (χ0v) is 19.5. The summed E-state index contributed by atoms with van der Waals surface area (Å²) in [6, 6.07) is 7.34. The van der Waals surface area contributed by atoms with Crippen molar-refractivity contribution in [3.8, 4) is 11.5 Å². The Morgan fingerprint density at radius 2 is 2.06 bits per heavy atom. The molecule has 34 heavy (non-hydrogen) atoms. The SMILES string of the molecule is Nc1ncc(OC(=O)NCCO)c2scc(COc3cccc(C(=O)NC4CCCCC4)c3)c12. The molecule has 1 fully saturated rings. The topological polar surface area (TPSA) is 136 Å². The van der Waals surface area contributed by atoms with Gasteiger partial charge in [-0.15, -0.1) is 11.3 Å². The Hall–Kier alpha value is -3.37. The van der Waals surface area contributed by atoms with E-state index in [1.807, 2.05) is 5.38 Å². The molecule has 0 spiro atoms. The van der Waals surface area contributed by atoms with Crippen molar-refractivity contribution in [1.29, 1.82) is 0 Å². The number of hydrogen-bond acceptors (Lipinski definition) is 8.